The second-order valence-corrected chi connectivity index (χ2v) is 30.9. The van der Waals surface area contributed by atoms with Gasteiger partial charge in [0.05, 0.1) is 37.4 Å². The lowest BCUT2D eigenvalue weighted by atomic mass is 9.83. The molecular weight excluding hydrogens is 1560 g/mol. The summed E-state index contributed by atoms with van der Waals surface area (Å²) in [5.74, 6) is 0.857. The molecular formula is C103H79Cl4N5O7. The minimum Gasteiger partial charge on any atom is -0.497 e. The van der Waals surface area contributed by atoms with Crippen molar-refractivity contribution in [1.29, 1.82) is 0 Å². The number of nitro groups is 1. The van der Waals surface area contributed by atoms with Crippen molar-refractivity contribution >= 4 is 92.7 Å². The lowest BCUT2D eigenvalue weighted by molar-refractivity contribution is -0.384. The third-order valence-electron chi connectivity index (χ3n) is 22.3. The standard InChI is InChI=1S/C28H22ClNO2.C27H19ClN2O3.C27H20ClNO2.C21H18ClN/c1-32-21-16-14-19(15-17-21)28(31)30-18-20-8-2-3-9-22(20)27(23-10-4-6-12-25(23)29)24-11-5-7-13-26(24)30;28-24-11-5-3-9-22(24)26-21-8-2-1-7-19(21)17-29(25-12-6-4-10-23(25)26)27(31)18-13-15-20(16-14-18)30(32)33;28-24-16-8-6-14-22(24)26-21-13-5-4-10-19(21)18-29(25-17-9-7-15-23(25)26)27(30)31-20-11-2-1-3-12-20;1-23-14-15-8-2-3-9-16(15)21(17-10-4-6-12-19(17)22)18-11-5-7-13-20(18)23/h2-17,27H,18H2,1H3;1-16,26H,17H2;1-17,26H,18H2;2-13,21H,14H2,1H3. The van der Waals surface area contributed by atoms with Gasteiger partial charge in [0.15, 0.2) is 0 Å². The normalized spacial score (nSPS) is 15.1. The SMILES string of the molecule is CN1Cc2ccccc2C(c2ccccc2Cl)c2ccccc21.COc1ccc(C(=O)N2Cc3ccccc3C(c3ccccc3Cl)c3ccccc32)cc1.O=C(Oc1ccccc1)N1Cc2ccccc2C(c2ccccc2Cl)c2ccccc21.O=C(c1ccc([N+](=O)[O-])cc1)N1Cc2ccccc2C(c2ccccc2Cl)c2ccccc21. The predicted octanol–water partition coefficient (Wildman–Crippen LogP) is 25.8. The van der Waals surface area contributed by atoms with Crippen molar-refractivity contribution in [3.8, 4) is 11.5 Å². The Labute approximate surface area is 712 Å². The van der Waals surface area contributed by atoms with Gasteiger partial charge in [-0.05, 0) is 186 Å². The molecule has 586 valence electrons. The summed E-state index contributed by atoms with van der Waals surface area (Å²) in [4.78, 5) is 58.8. The first-order chi connectivity index (χ1) is 58.2. The number of nitro benzene ring substituents is 1. The van der Waals surface area contributed by atoms with Crippen LogP contribution in [0.4, 0.5) is 33.2 Å². The molecule has 0 N–H and O–H groups in total. The Hall–Kier alpha value is -13.3. The number of anilines is 4. The van der Waals surface area contributed by atoms with Gasteiger partial charge in [-0.2, -0.15) is 0 Å². The zero-order chi connectivity index (χ0) is 82.0. The molecule has 4 aliphatic rings. The van der Waals surface area contributed by atoms with Crippen molar-refractivity contribution in [1.82, 2.24) is 0 Å². The number of rotatable bonds is 9. The molecule has 0 fully saturated rings. The molecule has 0 aliphatic carbocycles. The number of halogens is 4. The molecule has 3 amide bonds. The van der Waals surface area contributed by atoms with Crippen molar-refractivity contribution in [3.05, 3.63) is 500 Å². The smallest absolute Gasteiger partial charge is 0.420 e. The van der Waals surface area contributed by atoms with Crippen LogP contribution in [-0.4, -0.2) is 37.0 Å². The number of non-ortho nitro benzene ring substituents is 1. The molecule has 4 aliphatic heterocycles. The average molecular weight is 1640 g/mol. The third-order valence-corrected chi connectivity index (χ3v) is 23.7. The summed E-state index contributed by atoms with van der Waals surface area (Å²) in [6, 6.07) is 120. The van der Waals surface area contributed by atoms with E-state index in [-0.39, 0.29) is 41.2 Å². The Morgan fingerprint density at radius 3 is 0.916 bits per heavy atom. The highest BCUT2D eigenvalue weighted by Gasteiger charge is 2.37. The number of hydrogen-bond donors (Lipinski definition) is 0. The van der Waals surface area contributed by atoms with Crippen LogP contribution in [0.25, 0.3) is 0 Å². The fourth-order valence-corrected chi connectivity index (χ4v) is 17.7. The van der Waals surface area contributed by atoms with E-state index in [0.29, 0.717) is 46.6 Å². The van der Waals surface area contributed by atoms with Gasteiger partial charge in [0, 0.05) is 97.7 Å². The van der Waals surface area contributed by atoms with E-state index in [2.05, 4.69) is 127 Å². The lowest BCUT2D eigenvalue weighted by Crippen LogP contribution is -2.33. The molecule has 119 heavy (non-hydrogen) atoms. The van der Waals surface area contributed by atoms with E-state index < -0.39 is 11.0 Å². The number of benzene rings is 15. The van der Waals surface area contributed by atoms with Crippen molar-refractivity contribution in [2.45, 2.75) is 49.9 Å². The maximum absolute atomic E-state index is 13.7. The average Bonchev–Trinajstić information content (AvgIpc) is 1.65. The molecule has 4 unspecified atom stereocenters. The first-order valence-corrected chi connectivity index (χ1v) is 40.6. The van der Waals surface area contributed by atoms with Gasteiger partial charge >= 0.3 is 6.09 Å². The van der Waals surface area contributed by atoms with E-state index in [1.165, 1.54) is 52.2 Å². The Balaban J connectivity index is 0.000000119. The van der Waals surface area contributed by atoms with Gasteiger partial charge in [-0.15, -0.1) is 0 Å². The van der Waals surface area contributed by atoms with Gasteiger partial charge in [0.1, 0.15) is 11.5 Å². The van der Waals surface area contributed by atoms with Gasteiger partial charge in [-0.3, -0.25) is 24.6 Å². The van der Waals surface area contributed by atoms with Crippen molar-refractivity contribution in [3.63, 3.8) is 0 Å². The van der Waals surface area contributed by atoms with E-state index in [9.17, 15) is 24.5 Å². The van der Waals surface area contributed by atoms with Crippen LogP contribution in [0.2, 0.25) is 20.1 Å². The molecule has 15 aromatic carbocycles. The van der Waals surface area contributed by atoms with Crippen LogP contribution in [0, 0.1) is 10.1 Å². The number of carbonyl (C=O) groups excluding carboxylic acids is 3. The van der Waals surface area contributed by atoms with Crippen LogP contribution in [-0.2, 0) is 26.2 Å². The number of hydrogen-bond acceptors (Lipinski definition) is 8. The Morgan fingerprint density at radius 1 is 0.303 bits per heavy atom. The zero-order valence-electron chi connectivity index (χ0n) is 65.0. The van der Waals surface area contributed by atoms with Crippen molar-refractivity contribution < 1.29 is 28.8 Å². The van der Waals surface area contributed by atoms with Gasteiger partial charge in [-0.25, -0.2) is 4.79 Å². The monoisotopic (exact) mass is 1640 g/mol. The second-order valence-electron chi connectivity index (χ2n) is 29.3. The molecule has 0 saturated carbocycles. The molecule has 0 aromatic heterocycles. The summed E-state index contributed by atoms with van der Waals surface area (Å²) >= 11 is 26.5. The first kappa shape index (κ1) is 79.5. The topological polar surface area (TPSA) is 126 Å². The molecule has 19 rings (SSSR count). The van der Waals surface area contributed by atoms with Gasteiger partial charge in [0.2, 0.25) is 0 Å². The molecule has 0 saturated heterocycles. The molecule has 12 nitrogen and oxygen atoms in total. The van der Waals surface area contributed by atoms with E-state index in [1.807, 2.05) is 223 Å². The molecule has 0 bridgehead atoms. The van der Waals surface area contributed by atoms with Crippen molar-refractivity contribution in [2.24, 2.45) is 0 Å². The van der Waals surface area contributed by atoms with Crippen LogP contribution in [0.3, 0.4) is 0 Å². The highest BCUT2D eigenvalue weighted by Crippen LogP contribution is 2.50. The summed E-state index contributed by atoms with van der Waals surface area (Å²) in [7, 11) is 3.78. The summed E-state index contributed by atoms with van der Waals surface area (Å²) in [5, 5.41) is 13.9. The maximum Gasteiger partial charge on any atom is 0.420 e. The largest absolute Gasteiger partial charge is 0.497 e. The quantitative estimate of drug-likeness (QED) is 0.103. The minimum absolute atomic E-state index is 0.0466. The summed E-state index contributed by atoms with van der Waals surface area (Å²) in [5.41, 5.74) is 22.6. The molecule has 0 radical (unpaired) electrons. The van der Waals surface area contributed by atoms with Crippen LogP contribution in [0.15, 0.2) is 370 Å². The lowest BCUT2D eigenvalue weighted by Gasteiger charge is -2.25. The van der Waals surface area contributed by atoms with Crippen LogP contribution < -0.4 is 29.1 Å². The molecule has 4 heterocycles. The Morgan fingerprint density at radius 2 is 0.571 bits per heavy atom. The van der Waals surface area contributed by atoms with Gasteiger partial charge in [-0.1, -0.05) is 307 Å². The fourth-order valence-electron chi connectivity index (χ4n) is 16.7. The molecule has 15 aromatic rings. The number of methoxy groups -OCH3 is 1. The van der Waals surface area contributed by atoms with Gasteiger partial charge < -0.3 is 24.2 Å². The number of para-hydroxylation sites is 5. The fraction of sp³-hybridized carbons (Fsp3) is 0.0971. The molecule has 0 spiro atoms. The number of fused-ring (bicyclic) bond motifs is 8. The third kappa shape index (κ3) is 16.7. The molecule has 16 heteroatoms. The predicted molar refractivity (Wildman–Crippen MR) is 479 cm³/mol. The maximum atomic E-state index is 13.7. The highest BCUT2D eigenvalue weighted by atomic mass is 35.5. The summed E-state index contributed by atoms with van der Waals surface area (Å²) in [6.07, 6.45) is -0.409. The van der Waals surface area contributed by atoms with Crippen LogP contribution >= 0.6 is 46.4 Å². The minimum atomic E-state index is -0.472. The molecule has 4 atom stereocenters. The Kier molecular flexibility index (Phi) is 24.1. The van der Waals surface area contributed by atoms with E-state index in [0.717, 1.165) is 106 Å². The van der Waals surface area contributed by atoms with Crippen LogP contribution in [0.5, 0.6) is 11.5 Å². The van der Waals surface area contributed by atoms with E-state index in [4.69, 9.17) is 55.9 Å². The summed E-state index contributed by atoms with van der Waals surface area (Å²) < 4.78 is 11.0. The zero-order valence-corrected chi connectivity index (χ0v) is 68.0. The van der Waals surface area contributed by atoms with Gasteiger partial charge in [0.25, 0.3) is 17.5 Å². The first-order valence-electron chi connectivity index (χ1n) is 39.1. The highest BCUT2D eigenvalue weighted by molar-refractivity contribution is 6.32. The number of carbonyl (C=O) groups is 3. The number of nitrogens with zero attached hydrogens (tertiary/aromatic N) is 5. The van der Waals surface area contributed by atoms with Crippen molar-refractivity contribution in [2.75, 3.05) is 33.8 Å². The number of amides is 3. The second kappa shape index (κ2) is 36.0. The Bertz CT molecular complexity index is 6250. The van der Waals surface area contributed by atoms with E-state index in [1.54, 1.807) is 29.0 Å². The number of ether oxygens (including phenoxy) is 2. The summed E-state index contributed by atoms with van der Waals surface area (Å²) in [6.45, 7) is 2.19. The van der Waals surface area contributed by atoms with E-state index >= 15 is 0 Å². The van der Waals surface area contributed by atoms with Crippen LogP contribution in [0.1, 0.15) is 133 Å².